The smallest absolute Gasteiger partial charge is 0.270 e. The van der Waals surface area contributed by atoms with E-state index in [0.29, 0.717) is 22.3 Å². The molecule has 0 spiro atoms. The molecule has 0 aliphatic rings. The summed E-state index contributed by atoms with van der Waals surface area (Å²) in [6.45, 7) is 7.28. The lowest BCUT2D eigenvalue weighted by molar-refractivity contribution is -0.123. The molecule has 0 aliphatic carbocycles. The van der Waals surface area contributed by atoms with Crippen LogP contribution in [0.3, 0.4) is 0 Å². The molecular weight excluding hydrogens is 498 g/mol. The minimum Gasteiger partial charge on any atom is -0.394 e. The zero-order valence-electron chi connectivity index (χ0n) is 21.2. The van der Waals surface area contributed by atoms with Crippen LogP contribution in [-0.2, 0) is 16.1 Å². The summed E-state index contributed by atoms with van der Waals surface area (Å²) in [4.78, 5) is 38.1. The van der Waals surface area contributed by atoms with Gasteiger partial charge in [-0.15, -0.1) is 11.3 Å². The minimum atomic E-state index is -0.622. The number of thioether (sulfide) groups is 1. The highest BCUT2D eigenvalue weighted by atomic mass is 32.2. The van der Waals surface area contributed by atoms with Crippen molar-refractivity contribution in [2.24, 2.45) is 5.41 Å². The van der Waals surface area contributed by atoms with E-state index < -0.39 is 17.4 Å². The predicted octanol–water partition coefficient (Wildman–Crippen LogP) is 1.67. The van der Waals surface area contributed by atoms with Crippen LogP contribution in [0.15, 0.2) is 29.1 Å². The Hall–Kier alpha value is -3.07. The van der Waals surface area contributed by atoms with Gasteiger partial charge in [-0.2, -0.15) is 17.0 Å². The lowest BCUT2D eigenvalue weighted by atomic mass is 9.95. The van der Waals surface area contributed by atoms with Crippen molar-refractivity contribution in [1.82, 2.24) is 9.88 Å². The SMILES string of the molecule is CCn1c(=O)/c(=C\Nc2cccc(NC(=O)C(C)(C)C)c2)s/c1=C(/C#N)C(=O)NC(CO)CCSC. The van der Waals surface area contributed by atoms with E-state index in [1.54, 1.807) is 43.0 Å². The fraction of sp³-hybridized carbons (Fsp3) is 0.440. The highest BCUT2D eigenvalue weighted by molar-refractivity contribution is 7.98. The number of rotatable bonds is 10. The summed E-state index contributed by atoms with van der Waals surface area (Å²) in [6.07, 6.45) is 4.01. The van der Waals surface area contributed by atoms with Gasteiger partial charge in [0.05, 0.1) is 12.6 Å². The van der Waals surface area contributed by atoms with Crippen LogP contribution >= 0.6 is 23.1 Å². The van der Waals surface area contributed by atoms with Gasteiger partial charge in [-0.25, -0.2) is 0 Å². The molecule has 1 unspecified atom stereocenters. The maximum absolute atomic E-state index is 13.0. The molecule has 4 N–H and O–H groups in total. The van der Waals surface area contributed by atoms with Gasteiger partial charge in [-0.3, -0.25) is 19.0 Å². The third kappa shape index (κ3) is 7.71. The Bertz CT molecular complexity index is 1300. The van der Waals surface area contributed by atoms with Gasteiger partial charge in [0, 0.05) is 29.5 Å². The lowest BCUT2D eigenvalue weighted by Gasteiger charge is -2.18. The zero-order valence-corrected chi connectivity index (χ0v) is 22.8. The van der Waals surface area contributed by atoms with E-state index in [2.05, 4.69) is 16.0 Å². The van der Waals surface area contributed by atoms with Crippen LogP contribution in [0.4, 0.5) is 11.4 Å². The number of anilines is 2. The van der Waals surface area contributed by atoms with Gasteiger partial charge < -0.3 is 21.1 Å². The Morgan fingerprint density at radius 2 is 2.00 bits per heavy atom. The molecule has 0 saturated carbocycles. The van der Waals surface area contributed by atoms with Crippen molar-refractivity contribution in [3.63, 3.8) is 0 Å². The molecular formula is C25H33N5O4S2. The molecule has 0 fully saturated rings. The number of aromatic nitrogens is 1. The molecule has 2 aromatic rings. The number of amides is 2. The maximum atomic E-state index is 13.0. The molecule has 2 amide bonds. The average molecular weight is 532 g/mol. The normalized spacial score (nSPS) is 13.5. The second kappa shape index (κ2) is 13.3. The van der Waals surface area contributed by atoms with Crippen LogP contribution in [0.1, 0.15) is 34.1 Å². The van der Waals surface area contributed by atoms with E-state index in [4.69, 9.17) is 0 Å². The summed E-state index contributed by atoms with van der Waals surface area (Å²) < 4.78 is 1.95. The van der Waals surface area contributed by atoms with Crippen molar-refractivity contribution in [3.8, 4) is 6.07 Å². The van der Waals surface area contributed by atoms with Crippen LogP contribution < -0.4 is 30.7 Å². The summed E-state index contributed by atoms with van der Waals surface area (Å²) in [5.41, 5.74) is 0.224. The summed E-state index contributed by atoms with van der Waals surface area (Å²) >= 11 is 2.63. The molecule has 9 nitrogen and oxygen atoms in total. The van der Waals surface area contributed by atoms with Gasteiger partial charge in [0.1, 0.15) is 15.3 Å². The number of thiazole rings is 1. The Labute approximate surface area is 218 Å². The Morgan fingerprint density at radius 1 is 1.31 bits per heavy atom. The monoisotopic (exact) mass is 531 g/mol. The number of hydrogen-bond donors (Lipinski definition) is 4. The molecule has 1 aromatic heterocycles. The summed E-state index contributed by atoms with van der Waals surface area (Å²) in [7, 11) is 0. The standard InChI is InChI=1S/C25H33N5O4S2/c1-6-30-22(33)20(14-27-16-8-7-9-17(12-16)29-24(34)25(2,3)4)36-23(30)19(13-26)21(32)28-18(15-31)10-11-35-5/h7-9,12,14,18,27,31H,6,10-11,15H2,1-5H3,(H,28,32)(H,29,34)/b20-14+,23-19-. The fourth-order valence-electron chi connectivity index (χ4n) is 3.07. The van der Waals surface area contributed by atoms with Crippen LogP contribution in [0, 0.1) is 16.7 Å². The number of nitriles is 1. The first-order chi connectivity index (χ1) is 17.0. The molecule has 36 heavy (non-hydrogen) atoms. The van der Waals surface area contributed by atoms with Crippen molar-refractivity contribution < 1.29 is 14.7 Å². The van der Waals surface area contributed by atoms with E-state index >= 15 is 0 Å². The first-order valence-electron chi connectivity index (χ1n) is 11.5. The number of nitrogens with one attached hydrogen (secondary N) is 3. The summed E-state index contributed by atoms with van der Waals surface area (Å²) in [6, 6.07) is 8.53. The predicted molar refractivity (Wildman–Crippen MR) is 147 cm³/mol. The van der Waals surface area contributed by atoms with Gasteiger partial charge in [0.15, 0.2) is 5.57 Å². The Kier molecular flexibility index (Phi) is 10.8. The first-order valence-corrected chi connectivity index (χ1v) is 13.7. The fourth-order valence-corrected chi connectivity index (χ4v) is 4.68. The second-order valence-corrected chi connectivity index (χ2v) is 11.0. The Morgan fingerprint density at radius 3 is 2.58 bits per heavy atom. The molecule has 194 valence electrons. The number of hydrogen-bond acceptors (Lipinski definition) is 8. The molecule has 0 bridgehead atoms. The van der Waals surface area contributed by atoms with Crippen LogP contribution in [0.25, 0.3) is 11.8 Å². The van der Waals surface area contributed by atoms with Gasteiger partial charge in [0.2, 0.25) is 5.91 Å². The number of aliphatic hydroxyl groups is 1. The topological polar surface area (TPSA) is 136 Å². The number of aliphatic hydroxyl groups excluding tert-OH is 1. The molecule has 1 atom stereocenters. The summed E-state index contributed by atoms with van der Waals surface area (Å²) in [5.74, 6) is 0.00720. The number of benzene rings is 1. The van der Waals surface area contributed by atoms with Gasteiger partial charge in [-0.05, 0) is 43.6 Å². The molecule has 1 heterocycles. The number of nitrogens with zero attached hydrogens (tertiary/aromatic N) is 2. The van der Waals surface area contributed by atoms with Crippen molar-refractivity contribution >= 4 is 58.1 Å². The number of carbonyl (C=O) groups is 2. The number of carbonyl (C=O) groups excluding carboxylic acids is 2. The molecule has 0 saturated heterocycles. The third-order valence-corrected chi connectivity index (χ3v) is 6.95. The van der Waals surface area contributed by atoms with Crippen LogP contribution in [0.5, 0.6) is 0 Å². The molecule has 11 heteroatoms. The minimum absolute atomic E-state index is 0.118. The van der Waals surface area contributed by atoms with E-state index in [1.807, 2.05) is 33.1 Å². The second-order valence-electron chi connectivity index (χ2n) is 9.02. The first kappa shape index (κ1) is 29.2. The highest BCUT2D eigenvalue weighted by Crippen LogP contribution is 2.20. The molecule has 0 radical (unpaired) electrons. The van der Waals surface area contributed by atoms with Gasteiger partial charge >= 0.3 is 0 Å². The maximum Gasteiger partial charge on any atom is 0.270 e. The lowest BCUT2D eigenvalue weighted by Crippen LogP contribution is -2.40. The van der Waals surface area contributed by atoms with E-state index in [0.717, 1.165) is 17.1 Å². The van der Waals surface area contributed by atoms with Crippen molar-refractivity contribution in [3.05, 3.63) is 43.8 Å². The molecule has 1 aromatic carbocycles. The van der Waals surface area contributed by atoms with E-state index in [9.17, 15) is 24.8 Å². The van der Waals surface area contributed by atoms with Crippen molar-refractivity contribution in [2.45, 2.75) is 46.7 Å². The van der Waals surface area contributed by atoms with E-state index in [1.165, 1.54) is 10.8 Å². The molecule has 2 rings (SSSR count). The summed E-state index contributed by atoms with van der Waals surface area (Å²) in [5, 5.41) is 27.9. The highest BCUT2D eigenvalue weighted by Gasteiger charge is 2.21. The van der Waals surface area contributed by atoms with Crippen LogP contribution in [-0.4, -0.2) is 46.1 Å². The van der Waals surface area contributed by atoms with Crippen molar-refractivity contribution in [2.75, 3.05) is 29.2 Å². The third-order valence-electron chi connectivity index (χ3n) is 5.17. The molecule has 0 aliphatic heterocycles. The average Bonchev–Trinajstić information content (AvgIpc) is 3.15. The van der Waals surface area contributed by atoms with E-state index in [-0.39, 0.29) is 34.9 Å². The van der Waals surface area contributed by atoms with Crippen LogP contribution in [0.2, 0.25) is 0 Å². The zero-order chi connectivity index (χ0) is 26.9. The quantitative estimate of drug-likeness (QED) is 0.366. The largest absolute Gasteiger partial charge is 0.394 e. The Balaban J connectivity index is 2.39. The van der Waals surface area contributed by atoms with Gasteiger partial charge in [0.25, 0.3) is 11.5 Å². The van der Waals surface area contributed by atoms with Gasteiger partial charge in [-0.1, -0.05) is 26.8 Å². The van der Waals surface area contributed by atoms with Crippen molar-refractivity contribution in [1.29, 1.82) is 5.26 Å².